The lowest BCUT2D eigenvalue weighted by atomic mass is 9.82. The van der Waals surface area contributed by atoms with Gasteiger partial charge in [-0.2, -0.15) is 0 Å². The molecule has 0 atom stereocenters. The number of aryl methyl sites for hydroxylation is 1. The zero-order chi connectivity index (χ0) is 13.2. The Balaban J connectivity index is 2.08. The standard InChI is InChI=1S/C16H26N2/c1-13-12-15(5-4-14(13)6-9-17)18-10-7-16(2,3)8-11-18/h4-5,12H,6-11,17H2,1-3H3. The van der Waals surface area contributed by atoms with Crippen LogP contribution in [0.2, 0.25) is 0 Å². The van der Waals surface area contributed by atoms with Crippen LogP contribution in [0.5, 0.6) is 0 Å². The molecule has 2 heteroatoms. The van der Waals surface area contributed by atoms with Gasteiger partial charge in [-0.05, 0) is 61.4 Å². The number of nitrogens with zero attached hydrogens (tertiary/aromatic N) is 1. The average molecular weight is 246 g/mol. The number of hydrogen-bond donors (Lipinski definition) is 1. The van der Waals surface area contributed by atoms with Gasteiger partial charge in [0.1, 0.15) is 0 Å². The van der Waals surface area contributed by atoms with Gasteiger partial charge in [0.15, 0.2) is 0 Å². The zero-order valence-corrected chi connectivity index (χ0v) is 12.0. The van der Waals surface area contributed by atoms with Crippen molar-refractivity contribution in [2.75, 3.05) is 24.5 Å². The molecule has 1 saturated heterocycles. The van der Waals surface area contributed by atoms with Crippen LogP contribution < -0.4 is 10.6 Å². The van der Waals surface area contributed by atoms with Crippen LogP contribution in [-0.4, -0.2) is 19.6 Å². The third kappa shape index (κ3) is 3.05. The van der Waals surface area contributed by atoms with Crippen LogP contribution >= 0.6 is 0 Å². The number of benzene rings is 1. The Hall–Kier alpha value is -1.02. The summed E-state index contributed by atoms with van der Waals surface area (Å²) in [6.07, 6.45) is 3.56. The van der Waals surface area contributed by atoms with Crippen molar-refractivity contribution < 1.29 is 0 Å². The highest BCUT2D eigenvalue weighted by molar-refractivity contribution is 5.51. The van der Waals surface area contributed by atoms with Gasteiger partial charge in [-0.3, -0.25) is 0 Å². The molecule has 0 radical (unpaired) electrons. The minimum Gasteiger partial charge on any atom is -0.371 e. The van der Waals surface area contributed by atoms with Crippen molar-refractivity contribution in [2.24, 2.45) is 11.1 Å². The monoisotopic (exact) mass is 246 g/mol. The van der Waals surface area contributed by atoms with Crippen molar-refractivity contribution in [1.82, 2.24) is 0 Å². The molecule has 18 heavy (non-hydrogen) atoms. The average Bonchev–Trinajstić information content (AvgIpc) is 2.32. The van der Waals surface area contributed by atoms with Crippen LogP contribution in [0, 0.1) is 12.3 Å². The predicted octanol–water partition coefficient (Wildman–Crippen LogP) is 3.12. The Bertz CT molecular complexity index is 400. The molecule has 0 aliphatic carbocycles. The smallest absolute Gasteiger partial charge is 0.0369 e. The van der Waals surface area contributed by atoms with E-state index >= 15 is 0 Å². The third-order valence-electron chi connectivity index (χ3n) is 4.22. The Morgan fingerprint density at radius 2 is 1.89 bits per heavy atom. The van der Waals surface area contributed by atoms with Gasteiger partial charge in [0, 0.05) is 18.8 Å². The number of nitrogens with two attached hydrogens (primary N) is 1. The lowest BCUT2D eigenvalue weighted by Gasteiger charge is -2.38. The normalized spacial score (nSPS) is 19.0. The van der Waals surface area contributed by atoms with Gasteiger partial charge >= 0.3 is 0 Å². The van der Waals surface area contributed by atoms with Gasteiger partial charge in [0.2, 0.25) is 0 Å². The van der Waals surface area contributed by atoms with E-state index in [0.29, 0.717) is 5.41 Å². The molecule has 0 amide bonds. The fourth-order valence-corrected chi connectivity index (χ4v) is 2.68. The molecule has 2 nitrogen and oxygen atoms in total. The number of rotatable bonds is 3. The molecule has 1 aliphatic rings. The Labute approximate surface area is 111 Å². The van der Waals surface area contributed by atoms with Crippen LogP contribution in [0.3, 0.4) is 0 Å². The molecule has 1 aliphatic heterocycles. The van der Waals surface area contributed by atoms with E-state index in [4.69, 9.17) is 5.73 Å². The topological polar surface area (TPSA) is 29.3 Å². The quantitative estimate of drug-likeness (QED) is 0.888. The largest absolute Gasteiger partial charge is 0.371 e. The van der Waals surface area contributed by atoms with Gasteiger partial charge < -0.3 is 10.6 Å². The Morgan fingerprint density at radius 3 is 2.44 bits per heavy atom. The minimum atomic E-state index is 0.519. The molecular weight excluding hydrogens is 220 g/mol. The number of piperidine rings is 1. The molecule has 1 aromatic rings. The van der Waals surface area contributed by atoms with Crippen molar-refractivity contribution in [1.29, 1.82) is 0 Å². The molecule has 1 heterocycles. The molecule has 0 bridgehead atoms. The van der Waals surface area contributed by atoms with E-state index in [1.165, 1.54) is 42.7 Å². The highest BCUT2D eigenvalue weighted by Crippen LogP contribution is 2.32. The van der Waals surface area contributed by atoms with Crippen molar-refractivity contribution in [3.05, 3.63) is 29.3 Å². The fraction of sp³-hybridized carbons (Fsp3) is 0.625. The summed E-state index contributed by atoms with van der Waals surface area (Å²) in [5, 5.41) is 0. The van der Waals surface area contributed by atoms with Crippen molar-refractivity contribution in [3.8, 4) is 0 Å². The van der Waals surface area contributed by atoms with Crippen LogP contribution in [0.15, 0.2) is 18.2 Å². The molecule has 100 valence electrons. The maximum absolute atomic E-state index is 5.63. The second kappa shape index (κ2) is 5.31. The summed E-state index contributed by atoms with van der Waals surface area (Å²) >= 11 is 0. The summed E-state index contributed by atoms with van der Waals surface area (Å²) in [7, 11) is 0. The molecule has 0 unspecified atom stereocenters. The fourth-order valence-electron chi connectivity index (χ4n) is 2.68. The first-order valence-corrected chi connectivity index (χ1v) is 7.06. The van der Waals surface area contributed by atoms with E-state index in [2.05, 4.69) is 43.9 Å². The first kappa shape index (κ1) is 13.4. The number of hydrogen-bond acceptors (Lipinski definition) is 2. The lowest BCUT2D eigenvalue weighted by molar-refractivity contribution is 0.280. The van der Waals surface area contributed by atoms with E-state index in [9.17, 15) is 0 Å². The molecule has 0 saturated carbocycles. The highest BCUT2D eigenvalue weighted by atomic mass is 15.1. The van der Waals surface area contributed by atoms with E-state index in [-0.39, 0.29) is 0 Å². The summed E-state index contributed by atoms with van der Waals surface area (Å²) < 4.78 is 0. The summed E-state index contributed by atoms with van der Waals surface area (Å²) in [4.78, 5) is 2.52. The molecule has 0 aromatic heterocycles. The van der Waals surface area contributed by atoms with Crippen molar-refractivity contribution in [3.63, 3.8) is 0 Å². The molecule has 2 N–H and O–H groups in total. The first-order valence-electron chi connectivity index (χ1n) is 7.06. The van der Waals surface area contributed by atoms with Crippen molar-refractivity contribution in [2.45, 2.75) is 40.0 Å². The molecule has 1 fully saturated rings. The number of anilines is 1. The SMILES string of the molecule is Cc1cc(N2CCC(C)(C)CC2)ccc1CCN. The van der Waals surface area contributed by atoms with Crippen molar-refractivity contribution >= 4 is 5.69 Å². The summed E-state index contributed by atoms with van der Waals surface area (Å²) in [5.41, 5.74) is 10.3. The second-order valence-electron chi connectivity index (χ2n) is 6.30. The van der Waals surface area contributed by atoms with Crippen LogP contribution in [-0.2, 0) is 6.42 Å². The van der Waals surface area contributed by atoms with Crippen LogP contribution in [0.25, 0.3) is 0 Å². The summed E-state index contributed by atoms with van der Waals surface area (Å²) in [6.45, 7) is 10.0. The van der Waals surface area contributed by atoms with Gasteiger partial charge in [-0.15, -0.1) is 0 Å². The van der Waals surface area contributed by atoms with Gasteiger partial charge in [-0.25, -0.2) is 0 Å². The predicted molar refractivity (Wildman–Crippen MR) is 79.2 cm³/mol. The van der Waals surface area contributed by atoms with E-state index in [1.807, 2.05) is 0 Å². The third-order valence-corrected chi connectivity index (χ3v) is 4.22. The van der Waals surface area contributed by atoms with Gasteiger partial charge in [-0.1, -0.05) is 19.9 Å². The first-order chi connectivity index (χ1) is 8.52. The summed E-state index contributed by atoms with van der Waals surface area (Å²) in [5.74, 6) is 0. The maximum Gasteiger partial charge on any atom is 0.0369 e. The Kier molecular flexibility index (Phi) is 3.96. The summed E-state index contributed by atoms with van der Waals surface area (Å²) in [6, 6.07) is 6.83. The second-order valence-corrected chi connectivity index (χ2v) is 6.30. The molecule has 2 rings (SSSR count). The zero-order valence-electron chi connectivity index (χ0n) is 12.0. The van der Waals surface area contributed by atoms with Crippen LogP contribution in [0.4, 0.5) is 5.69 Å². The molecule has 1 aromatic carbocycles. The van der Waals surface area contributed by atoms with E-state index < -0.39 is 0 Å². The van der Waals surface area contributed by atoms with Gasteiger partial charge in [0.05, 0.1) is 0 Å². The van der Waals surface area contributed by atoms with Gasteiger partial charge in [0.25, 0.3) is 0 Å². The minimum absolute atomic E-state index is 0.519. The highest BCUT2D eigenvalue weighted by Gasteiger charge is 2.25. The van der Waals surface area contributed by atoms with E-state index in [0.717, 1.165) is 13.0 Å². The van der Waals surface area contributed by atoms with E-state index in [1.54, 1.807) is 0 Å². The van der Waals surface area contributed by atoms with Crippen LogP contribution in [0.1, 0.15) is 37.8 Å². The lowest BCUT2D eigenvalue weighted by Crippen LogP contribution is -2.37. The molecular formula is C16H26N2. The molecule has 0 spiro atoms. The maximum atomic E-state index is 5.63. The Morgan fingerprint density at radius 1 is 1.22 bits per heavy atom.